The number of hydrogen-bond donors (Lipinski definition) is 1. The zero-order valence-electron chi connectivity index (χ0n) is 10.7. The van der Waals surface area contributed by atoms with Crippen molar-refractivity contribution in [2.24, 2.45) is 13.0 Å². The van der Waals surface area contributed by atoms with Crippen LogP contribution in [0.3, 0.4) is 0 Å². The van der Waals surface area contributed by atoms with Crippen LogP contribution in [0.15, 0.2) is 0 Å². The number of anilines is 1. The van der Waals surface area contributed by atoms with Gasteiger partial charge in [-0.3, -0.25) is 9.48 Å². The fourth-order valence-electron chi connectivity index (χ4n) is 2.29. The minimum absolute atomic E-state index is 0.0116. The molecule has 5 nitrogen and oxygen atoms in total. The smallest absolute Gasteiger partial charge is 0.274 e. The highest BCUT2D eigenvalue weighted by molar-refractivity contribution is 5.98. The van der Waals surface area contributed by atoms with Crippen LogP contribution >= 0.6 is 0 Å². The Hall–Kier alpha value is -1.52. The molecule has 0 radical (unpaired) electrons. The number of aryl methyl sites for hydroxylation is 2. The van der Waals surface area contributed by atoms with E-state index in [4.69, 9.17) is 5.73 Å². The average Bonchev–Trinajstić information content (AvgIpc) is 2.53. The van der Waals surface area contributed by atoms with E-state index < -0.39 is 0 Å². The fraction of sp³-hybridized carbons (Fsp3) is 0.667. The van der Waals surface area contributed by atoms with E-state index in [0.29, 0.717) is 17.3 Å². The van der Waals surface area contributed by atoms with E-state index in [1.807, 2.05) is 11.8 Å². The first kappa shape index (κ1) is 12.0. The summed E-state index contributed by atoms with van der Waals surface area (Å²) >= 11 is 0. The molecule has 1 aromatic heterocycles. The number of aromatic nitrogens is 2. The first-order chi connectivity index (χ1) is 8.00. The van der Waals surface area contributed by atoms with Crippen LogP contribution in [0.2, 0.25) is 0 Å². The van der Waals surface area contributed by atoms with Gasteiger partial charge < -0.3 is 10.6 Å². The van der Waals surface area contributed by atoms with Crippen LogP contribution in [0.5, 0.6) is 0 Å². The molecule has 1 aromatic rings. The highest BCUT2D eigenvalue weighted by Crippen LogP contribution is 2.21. The second-order valence-corrected chi connectivity index (χ2v) is 4.95. The summed E-state index contributed by atoms with van der Waals surface area (Å²) in [5.74, 6) is 0.724. The zero-order chi connectivity index (χ0) is 12.6. The van der Waals surface area contributed by atoms with Gasteiger partial charge in [0.1, 0.15) is 5.69 Å². The lowest BCUT2D eigenvalue weighted by molar-refractivity contribution is 0.0687. The van der Waals surface area contributed by atoms with Crippen molar-refractivity contribution in [1.82, 2.24) is 14.7 Å². The van der Waals surface area contributed by atoms with Gasteiger partial charge in [0.05, 0.1) is 11.4 Å². The molecule has 0 aromatic carbocycles. The van der Waals surface area contributed by atoms with Gasteiger partial charge in [-0.25, -0.2) is 0 Å². The molecule has 17 heavy (non-hydrogen) atoms. The summed E-state index contributed by atoms with van der Waals surface area (Å²) in [4.78, 5) is 14.2. The van der Waals surface area contributed by atoms with Crippen molar-refractivity contribution < 1.29 is 4.79 Å². The van der Waals surface area contributed by atoms with Gasteiger partial charge in [0.2, 0.25) is 0 Å². The monoisotopic (exact) mass is 236 g/mol. The van der Waals surface area contributed by atoms with Gasteiger partial charge >= 0.3 is 0 Å². The van der Waals surface area contributed by atoms with E-state index in [-0.39, 0.29) is 5.91 Å². The first-order valence-electron chi connectivity index (χ1n) is 6.09. The summed E-state index contributed by atoms with van der Waals surface area (Å²) in [6, 6.07) is 0. The predicted molar refractivity (Wildman–Crippen MR) is 66.7 cm³/mol. The highest BCUT2D eigenvalue weighted by atomic mass is 16.2. The van der Waals surface area contributed by atoms with Gasteiger partial charge in [0, 0.05) is 20.1 Å². The van der Waals surface area contributed by atoms with Crippen LogP contribution in [0.1, 0.15) is 35.9 Å². The third kappa shape index (κ3) is 2.14. The Bertz CT molecular complexity index is 430. The van der Waals surface area contributed by atoms with Crippen molar-refractivity contribution in [3.63, 3.8) is 0 Å². The lowest BCUT2D eigenvalue weighted by Crippen LogP contribution is -2.39. The molecule has 2 rings (SSSR count). The van der Waals surface area contributed by atoms with Crippen molar-refractivity contribution in [2.75, 3.05) is 18.8 Å². The number of nitrogens with zero attached hydrogens (tertiary/aromatic N) is 3. The summed E-state index contributed by atoms with van der Waals surface area (Å²) in [5, 5.41) is 4.19. The number of rotatable bonds is 1. The largest absolute Gasteiger partial charge is 0.395 e. The van der Waals surface area contributed by atoms with Crippen molar-refractivity contribution in [1.29, 1.82) is 0 Å². The quantitative estimate of drug-likeness (QED) is 0.796. The molecular formula is C12H20N4O. The number of likely N-dealkylation sites (tertiary alicyclic amines) is 1. The molecule has 1 saturated heterocycles. The predicted octanol–water partition coefficient (Wildman–Crippen LogP) is 1.18. The topological polar surface area (TPSA) is 64.2 Å². The van der Waals surface area contributed by atoms with E-state index in [2.05, 4.69) is 12.0 Å². The average molecular weight is 236 g/mol. The summed E-state index contributed by atoms with van der Waals surface area (Å²) in [6.45, 7) is 5.70. The second kappa shape index (κ2) is 4.39. The van der Waals surface area contributed by atoms with E-state index in [1.165, 1.54) is 0 Å². The lowest BCUT2D eigenvalue weighted by Gasteiger charge is -2.30. The Labute approximate surface area is 102 Å². The second-order valence-electron chi connectivity index (χ2n) is 4.95. The minimum atomic E-state index is 0.0116. The Morgan fingerprint density at radius 2 is 2.00 bits per heavy atom. The zero-order valence-corrected chi connectivity index (χ0v) is 10.7. The van der Waals surface area contributed by atoms with Crippen molar-refractivity contribution in [2.45, 2.75) is 26.7 Å². The lowest BCUT2D eigenvalue weighted by atomic mass is 9.99. The number of piperidine rings is 1. The van der Waals surface area contributed by atoms with Crippen molar-refractivity contribution >= 4 is 11.6 Å². The van der Waals surface area contributed by atoms with E-state index in [9.17, 15) is 4.79 Å². The van der Waals surface area contributed by atoms with Gasteiger partial charge in [0.25, 0.3) is 5.91 Å². The molecule has 2 heterocycles. The molecule has 0 aliphatic carbocycles. The third-order valence-corrected chi connectivity index (χ3v) is 3.54. The first-order valence-corrected chi connectivity index (χ1v) is 6.09. The summed E-state index contributed by atoms with van der Waals surface area (Å²) in [7, 11) is 1.77. The highest BCUT2D eigenvalue weighted by Gasteiger charge is 2.26. The molecule has 1 amide bonds. The molecule has 0 unspecified atom stereocenters. The van der Waals surface area contributed by atoms with Crippen LogP contribution in [0, 0.1) is 12.8 Å². The van der Waals surface area contributed by atoms with Gasteiger partial charge in [-0.15, -0.1) is 0 Å². The van der Waals surface area contributed by atoms with Crippen molar-refractivity contribution in [3.8, 4) is 0 Å². The number of hydrogen-bond acceptors (Lipinski definition) is 3. The fourth-order valence-corrected chi connectivity index (χ4v) is 2.29. The maximum Gasteiger partial charge on any atom is 0.274 e. The standard InChI is InChI=1S/C12H20N4O/c1-8-4-6-16(7-5-8)12(17)11-10(13)9(2)14-15(11)3/h8H,4-7,13H2,1-3H3. The molecule has 94 valence electrons. The Morgan fingerprint density at radius 3 is 2.47 bits per heavy atom. The van der Waals surface area contributed by atoms with Crippen LogP contribution in [-0.4, -0.2) is 33.7 Å². The molecular weight excluding hydrogens is 216 g/mol. The van der Waals surface area contributed by atoms with Gasteiger partial charge in [-0.2, -0.15) is 5.10 Å². The number of carbonyl (C=O) groups excluding carboxylic acids is 1. The molecule has 1 fully saturated rings. The van der Waals surface area contributed by atoms with E-state index >= 15 is 0 Å². The Morgan fingerprint density at radius 1 is 1.41 bits per heavy atom. The molecule has 5 heteroatoms. The molecule has 0 atom stereocenters. The molecule has 0 spiro atoms. The van der Waals surface area contributed by atoms with Gasteiger partial charge in [0.15, 0.2) is 0 Å². The molecule has 1 aliphatic heterocycles. The number of nitrogen functional groups attached to an aromatic ring is 1. The summed E-state index contributed by atoms with van der Waals surface area (Å²) < 4.78 is 1.59. The van der Waals surface area contributed by atoms with E-state index in [0.717, 1.165) is 31.6 Å². The summed E-state index contributed by atoms with van der Waals surface area (Å²) in [6.07, 6.45) is 2.14. The maximum atomic E-state index is 12.3. The van der Waals surface area contributed by atoms with Crippen LogP contribution in [0.25, 0.3) is 0 Å². The minimum Gasteiger partial charge on any atom is -0.395 e. The molecule has 0 bridgehead atoms. The third-order valence-electron chi connectivity index (χ3n) is 3.54. The maximum absolute atomic E-state index is 12.3. The Kier molecular flexibility index (Phi) is 3.09. The van der Waals surface area contributed by atoms with Crippen LogP contribution in [0.4, 0.5) is 5.69 Å². The number of carbonyl (C=O) groups is 1. The van der Waals surface area contributed by atoms with Crippen molar-refractivity contribution in [3.05, 3.63) is 11.4 Å². The molecule has 1 aliphatic rings. The molecule has 2 N–H and O–H groups in total. The number of nitrogens with two attached hydrogens (primary N) is 1. The molecule has 0 saturated carbocycles. The van der Waals surface area contributed by atoms with Crippen LogP contribution < -0.4 is 5.73 Å². The van der Waals surface area contributed by atoms with Crippen LogP contribution in [-0.2, 0) is 7.05 Å². The summed E-state index contributed by atoms with van der Waals surface area (Å²) in [5.41, 5.74) is 7.67. The SMILES string of the molecule is Cc1nn(C)c(C(=O)N2CCC(C)CC2)c1N. The van der Waals surface area contributed by atoms with Gasteiger partial charge in [-0.1, -0.05) is 6.92 Å². The normalized spacial score (nSPS) is 17.5. The Balaban J connectivity index is 2.20. The van der Waals surface area contributed by atoms with Gasteiger partial charge in [-0.05, 0) is 25.7 Å². The number of amides is 1. The van der Waals surface area contributed by atoms with E-state index in [1.54, 1.807) is 11.7 Å².